The number of amides is 1. The lowest BCUT2D eigenvalue weighted by molar-refractivity contribution is -0.167. The van der Waals surface area contributed by atoms with E-state index in [9.17, 15) is 24.0 Å². The molecule has 4 N–H and O–H groups in total. The Kier molecular flexibility index (Phi) is 41.5. The van der Waals surface area contributed by atoms with Gasteiger partial charge < -0.3 is 35.1 Å². The van der Waals surface area contributed by atoms with Gasteiger partial charge in [0, 0.05) is 12.8 Å². The van der Waals surface area contributed by atoms with Crippen LogP contribution in [0.25, 0.3) is 0 Å². The summed E-state index contributed by atoms with van der Waals surface area (Å²) in [6, 6.07) is -1.06. The Balaban J connectivity index is 4.51. The number of carbonyl (C=O) groups excluding carboxylic acids is 5. The van der Waals surface area contributed by atoms with Crippen molar-refractivity contribution in [3.8, 4) is 0 Å². The number of carbonyl (C=O) groups is 5. The van der Waals surface area contributed by atoms with Gasteiger partial charge in [-0.25, -0.2) is 0 Å². The van der Waals surface area contributed by atoms with E-state index in [1.54, 1.807) is 0 Å². The maximum Gasteiger partial charge on any atom is 0.306 e. The van der Waals surface area contributed by atoms with E-state index in [2.05, 4.69) is 43.5 Å². The molecule has 12 nitrogen and oxygen atoms in total. The third kappa shape index (κ3) is 40.2. The van der Waals surface area contributed by atoms with E-state index in [0.29, 0.717) is 12.8 Å². The number of unbranched alkanes of at least 4 members (excludes halogenated alkanes) is 22. The van der Waals surface area contributed by atoms with Crippen LogP contribution in [0.1, 0.15) is 206 Å². The van der Waals surface area contributed by atoms with E-state index in [1.807, 2.05) is 0 Å². The van der Waals surface area contributed by atoms with Crippen LogP contribution in [-0.2, 0) is 42.9 Å². The number of hydrogen-bond acceptors (Lipinski definition) is 11. The van der Waals surface area contributed by atoms with Crippen molar-refractivity contribution in [1.29, 1.82) is 0 Å². The van der Waals surface area contributed by atoms with E-state index in [4.69, 9.17) is 29.8 Å². The lowest BCUT2D eigenvalue weighted by Crippen LogP contribution is -2.44. The summed E-state index contributed by atoms with van der Waals surface area (Å²) < 4.78 is 21.3. The largest absolute Gasteiger partial charge is 0.464 e. The fourth-order valence-corrected chi connectivity index (χ4v) is 6.39. The Hall–Kier alpha value is -3.25. The van der Waals surface area contributed by atoms with E-state index in [1.165, 1.54) is 83.5 Å². The zero-order chi connectivity index (χ0) is 44.2. The van der Waals surface area contributed by atoms with Crippen molar-refractivity contribution in [3.63, 3.8) is 0 Å². The summed E-state index contributed by atoms with van der Waals surface area (Å²) in [5.41, 5.74) is 5.41. The standard InChI is InChI=1S/C48H86N2O10/c1-3-5-7-9-11-13-15-17-19-21-23-25-27-29-31-33-44(52)58-40-42(41-59-46(54)36-35-45(53)57-38-37-50-48(56)43(49)39-51)60-47(55)34-32-30-28-26-24-22-20-18-16-14-12-10-8-6-4-2/h17-20,42-43,51H,3-16,21-41,49H2,1-2H3,(H,50,56)/b19-17-,20-18-/t42-,43?/m1/s1. The number of esters is 4. The average molecular weight is 851 g/mol. The van der Waals surface area contributed by atoms with Crippen LogP contribution in [-0.4, -0.2) is 80.0 Å². The summed E-state index contributed by atoms with van der Waals surface area (Å²) in [5.74, 6) is -2.78. The molecule has 60 heavy (non-hydrogen) atoms. The molecule has 0 aromatic rings. The number of nitrogens with one attached hydrogen (secondary N) is 1. The molecule has 0 aliphatic heterocycles. The highest BCUT2D eigenvalue weighted by Gasteiger charge is 2.20. The summed E-state index contributed by atoms with van der Waals surface area (Å²) in [4.78, 5) is 61.3. The van der Waals surface area contributed by atoms with Crippen LogP contribution in [0.3, 0.4) is 0 Å². The molecule has 348 valence electrons. The second-order valence-corrected chi connectivity index (χ2v) is 15.9. The molecule has 0 rings (SSSR count). The maximum absolute atomic E-state index is 12.7. The Bertz CT molecular complexity index is 1130. The number of hydrogen-bond donors (Lipinski definition) is 3. The lowest BCUT2D eigenvalue weighted by atomic mass is 10.1. The molecule has 0 spiro atoms. The lowest BCUT2D eigenvalue weighted by Gasteiger charge is -2.18. The zero-order valence-electron chi connectivity index (χ0n) is 37.9. The van der Waals surface area contributed by atoms with Gasteiger partial charge in [0.05, 0.1) is 26.0 Å². The van der Waals surface area contributed by atoms with Crippen LogP contribution in [0.2, 0.25) is 0 Å². The minimum atomic E-state index is -1.06. The Morgan fingerprint density at radius 1 is 0.500 bits per heavy atom. The fraction of sp³-hybridized carbons (Fsp3) is 0.812. The third-order valence-electron chi connectivity index (χ3n) is 10.2. The second kappa shape index (κ2) is 43.8. The van der Waals surface area contributed by atoms with Crippen LogP contribution >= 0.6 is 0 Å². The van der Waals surface area contributed by atoms with E-state index in [-0.39, 0.29) is 52.0 Å². The van der Waals surface area contributed by atoms with E-state index < -0.39 is 48.5 Å². The molecule has 0 saturated carbocycles. The van der Waals surface area contributed by atoms with Gasteiger partial charge in [0.2, 0.25) is 5.91 Å². The van der Waals surface area contributed by atoms with Crippen molar-refractivity contribution in [2.75, 3.05) is 33.0 Å². The summed E-state index contributed by atoms with van der Waals surface area (Å²) in [6.07, 6.45) is 38.3. The minimum absolute atomic E-state index is 0.00272. The smallest absolute Gasteiger partial charge is 0.306 e. The first kappa shape index (κ1) is 56.8. The molecule has 1 amide bonds. The Morgan fingerprint density at radius 2 is 0.867 bits per heavy atom. The number of allylic oxidation sites excluding steroid dienone is 4. The normalized spacial score (nSPS) is 12.4. The topological polar surface area (TPSA) is 181 Å². The number of aliphatic hydroxyl groups excluding tert-OH is 1. The van der Waals surface area contributed by atoms with Crippen molar-refractivity contribution in [2.24, 2.45) is 5.73 Å². The van der Waals surface area contributed by atoms with E-state index >= 15 is 0 Å². The molecule has 0 aliphatic carbocycles. The highest BCUT2D eigenvalue weighted by molar-refractivity contribution is 5.81. The van der Waals surface area contributed by atoms with Crippen LogP contribution < -0.4 is 11.1 Å². The van der Waals surface area contributed by atoms with Gasteiger partial charge in [-0.15, -0.1) is 0 Å². The summed E-state index contributed by atoms with van der Waals surface area (Å²) >= 11 is 0. The van der Waals surface area contributed by atoms with Gasteiger partial charge in [-0.3, -0.25) is 24.0 Å². The molecule has 0 fully saturated rings. The van der Waals surface area contributed by atoms with Gasteiger partial charge in [-0.05, 0) is 64.2 Å². The number of nitrogens with two attached hydrogens (primary N) is 1. The average Bonchev–Trinajstić information content (AvgIpc) is 3.24. The van der Waals surface area contributed by atoms with Crippen molar-refractivity contribution >= 4 is 29.8 Å². The SMILES string of the molecule is CCCCCCCC/C=C\CCCCCCCC(=O)OC[C@H](COC(=O)CCC(=O)OCCNC(=O)C(N)CO)OC(=O)CCCCCCC/C=C\CCCCCCCC. The Morgan fingerprint density at radius 3 is 1.30 bits per heavy atom. The summed E-state index contributed by atoms with van der Waals surface area (Å²) in [6.45, 7) is 3.30. The molecule has 0 aromatic carbocycles. The summed E-state index contributed by atoms with van der Waals surface area (Å²) in [7, 11) is 0. The maximum atomic E-state index is 12.7. The molecule has 2 atom stereocenters. The number of ether oxygens (including phenoxy) is 4. The van der Waals surface area contributed by atoms with Gasteiger partial charge in [0.25, 0.3) is 0 Å². The first-order valence-corrected chi connectivity index (χ1v) is 23.8. The number of rotatable bonds is 43. The first-order chi connectivity index (χ1) is 29.2. The molecule has 0 radical (unpaired) electrons. The molecular weight excluding hydrogens is 765 g/mol. The zero-order valence-corrected chi connectivity index (χ0v) is 37.9. The molecule has 1 unspecified atom stereocenters. The fourth-order valence-electron chi connectivity index (χ4n) is 6.39. The predicted octanol–water partition coefficient (Wildman–Crippen LogP) is 9.82. The number of aliphatic hydroxyl groups is 1. The van der Waals surface area contributed by atoms with Gasteiger partial charge in [0.15, 0.2) is 6.10 Å². The molecule has 0 aliphatic rings. The van der Waals surface area contributed by atoms with Crippen LogP contribution in [0, 0.1) is 0 Å². The predicted molar refractivity (Wildman–Crippen MR) is 239 cm³/mol. The van der Waals surface area contributed by atoms with Crippen LogP contribution in [0.15, 0.2) is 24.3 Å². The molecular formula is C48H86N2O10. The second-order valence-electron chi connectivity index (χ2n) is 15.9. The summed E-state index contributed by atoms with van der Waals surface area (Å²) in [5, 5.41) is 11.3. The highest BCUT2D eigenvalue weighted by atomic mass is 16.6. The highest BCUT2D eigenvalue weighted by Crippen LogP contribution is 2.13. The quantitative estimate of drug-likeness (QED) is 0.0230. The molecule has 0 bridgehead atoms. The van der Waals surface area contributed by atoms with Gasteiger partial charge in [-0.1, -0.05) is 141 Å². The van der Waals surface area contributed by atoms with Gasteiger partial charge in [0.1, 0.15) is 25.9 Å². The molecule has 0 saturated heterocycles. The van der Waals surface area contributed by atoms with E-state index in [0.717, 1.165) is 70.6 Å². The molecule has 0 heterocycles. The van der Waals surface area contributed by atoms with Gasteiger partial charge in [-0.2, -0.15) is 0 Å². The van der Waals surface area contributed by atoms with Crippen LogP contribution in [0.4, 0.5) is 0 Å². The van der Waals surface area contributed by atoms with Crippen molar-refractivity contribution in [1.82, 2.24) is 5.32 Å². The monoisotopic (exact) mass is 851 g/mol. The van der Waals surface area contributed by atoms with Crippen LogP contribution in [0.5, 0.6) is 0 Å². The third-order valence-corrected chi connectivity index (χ3v) is 10.2. The van der Waals surface area contributed by atoms with Gasteiger partial charge >= 0.3 is 23.9 Å². The van der Waals surface area contributed by atoms with Crippen molar-refractivity contribution < 1.29 is 48.0 Å². The Labute approximate surface area is 363 Å². The van der Waals surface area contributed by atoms with Crippen molar-refractivity contribution in [2.45, 2.75) is 219 Å². The molecule has 0 aromatic heterocycles. The minimum Gasteiger partial charge on any atom is -0.464 e. The molecule has 12 heteroatoms. The van der Waals surface area contributed by atoms with Crippen molar-refractivity contribution in [3.05, 3.63) is 24.3 Å². The first-order valence-electron chi connectivity index (χ1n) is 23.8.